The fourth-order valence-corrected chi connectivity index (χ4v) is 6.43. The van der Waals surface area contributed by atoms with E-state index in [9.17, 15) is 4.79 Å². The van der Waals surface area contributed by atoms with Crippen LogP contribution in [0.3, 0.4) is 0 Å². The Balaban J connectivity index is 1.21. The van der Waals surface area contributed by atoms with Crippen molar-refractivity contribution >= 4 is 67.5 Å². The highest BCUT2D eigenvalue weighted by Crippen LogP contribution is 2.39. The largest absolute Gasteiger partial charge is 0.429 e. The van der Waals surface area contributed by atoms with Crippen molar-refractivity contribution in [2.24, 2.45) is 0 Å². The summed E-state index contributed by atoms with van der Waals surface area (Å²) in [4.78, 5) is 41.9. The van der Waals surface area contributed by atoms with Crippen LogP contribution in [0.5, 0.6) is 0 Å². The van der Waals surface area contributed by atoms with E-state index in [1.807, 2.05) is 92.7 Å². The number of thiazole rings is 1. The lowest BCUT2D eigenvalue weighted by Gasteiger charge is -2.35. The molecule has 0 atom stereocenters. The van der Waals surface area contributed by atoms with Gasteiger partial charge < -0.3 is 14.6 Å². The molecule has 1 saturated heterocycles. The summed E-state index contributed by atoms with van der Waals surface area (Å²) >= 11 is 7.63. The van der Waals surface area contributed by atoms with E-state index < -0.39 is 0 Å². The fourth-order valence-electron chi connectivity index (χ4n) is 5.34. The lowest BCUT2D eigenvalue weighted by atomic mass is 10.2. The third kappa shape index (κ3) is 7.23. The van der Waals surface area contributed by atoms with Crippen molar-refractivity contribution < 1.29 is 9.63 Å². The van der Waals surface area contributed by atoms with Gasteiger partial charge in [0.25, 0.3) is 0 Å². The summed E-state index contributed by atoms with van der Waals surface area (Å²) in [6.45, 7) is 8.83. The van der Waals surface area contributed by atoms with Gasteiger partial charge in [0, 0.05) is 75.5 Å². The van der Waals surface area contributed by atoms with Crippen LogP contribution in [0.15, 0.2) is 85.1 Å². The van der Waals surface area contributed by atoms with Gasteiger partial charge in [-0.3, -0.25) is 9.80 Å². The molecule has 0 N–H and O–H groups in total. The lowest BCUT2D eigenvalue weighted by Crippen LogP contribution is -2.49. The van der Waals surface area contributed by atoms with Gasteiger partial charge in [0.1, 0.15) is 22.0 Å². The number of hydroxylamine groups is 2. The molecule has 6 rings (SSSR count). The number of hydrogen-bond acceptors (Lipinski definition) is 10. The Hall–Kier alpha value is -4.29. The number of benzene rings is 2. The third-order valence-electron chi connectivity index (χ3n) is 7.98. The van der Waals surface area contributed by atoms with E-state index in [2.05, 4.69) is 28.0 Å². The smallest absolute Gasteiger partial charge is 0.351 e. The highest BCUT2D eigenvalue weighted by atomic mass is 35.5. The number of carbonyl (C=O) groups excluding carboxylic acids is 1. The molecule has 1 fully saturated rings. The zero-order valence-corrected chi connectivity index (χ0v) is 27.8. The van der Waals surface area contributed by atoms with Gasteiger partial charge in [-0.15, -0.1) is 5.06 Å². The van der Waals surface area contributed by atoms with Gasteiger partial charge in [-0.05, 0) is 80.1 Å². The van der Waals surface area contributed by atoms with Crippen molar-refractivity contribution in [3.05, 3.63) is 95.6 Å². The normalized spacial score (nSPS) is 13.7. The van der Waals surface area contributed by atoms with Crippen LogP contribution in [0.1, 0.15) is 19.4 Å². The average Bonchev–Trinajstić information content (AvgIpc) is 3.51. The van der Waals surface area contributed by atoms with Crippen molar-refractivity contribution in [1.29, 1.82) is 0 Å². The van der Waals surface area contributed by atoms with Gasteiger partial charge in [-0.1, -0.05) is 41.1 Å². The minimum Gasteiger partial charge on any atom is -0.351 e. The average molecular weight is 657 g/mol. The first-order valence-corrected chi connectivity index (χ1v) is 16.6. The monoisotopic (exact) mass is 656 g/mol. The summed E-state index contributed by atoms with van der Waals surface area (Å²) in [6, 6.07) is 26.0. The van der Waals surface area contributed by atoms with Gasteiger partial charge in [0.15, 0.2) is 5.13 Å². The van der Waals surface area contributed by atoms with Gasteiger partial charge in [-0.25, -0.2) is 19.7 Å². The molecule has 12 heteroatoms. The van der Waals surface area contributed by atoms with E-state index in [1.165, 1.54) is 11.3 Å². The Bertz CT molecular complexity index is 1760. The standard InChI is InChI=1S/C34H37ClN8O2S/c1-4-42(5-2)45-34(44)41-21-19-40(20-22-41)24-25-17-18-36-31(23-25)43(28-9-7-6-8-10-28)33-37-29-15-16-30(38-32(29)46-33)39(3)27-13-11-26(35)12-14-27/h6-18,23H,4-5,19-22,24H2,1-3H3. The molecule has 0 bridgehead atoms. The molecule has 0 aliphatic carbocycles. The van der Waals surface area contributed by atoms with Crippen molar-refractivity contribution in [3.8, 4) is 0 Å². The number of aromatic nitrogens is 3. The number of anilines is 5. The zero-order valence-electron chi connectivity index (χ0n) is 26.2. The van der Waals surface area contributed by atoms with Gasteiger partial charge in [0.2, 0.25) is 0 Å². The van der Waals surface area contributed by atoms with Gasteiger partial charge in [0.05, 0.1) is 0 Å². The Morgan fingerprint density at radius 1 is 0.891 bits per heavy atom. The maximum atomic E-state index is 12.6. The summed E-state index contributed by atoms with van der Waals surface area (Å²) in [7, 11) is 1.99. The van der Waals surface area contributed by atoms with Crippen molar-refractivity contribution in [3.63, 3.8) is 0 Å². The number of hydrogen-bond donors (Lipinski definition) is 0. The molecule has 46 heavy (non-hydrogen) atoms. The maximum absolute atomic E-state index is 12.6. The van der Waals surface area contributed by atoms with E-state index >= 15 is 0 Å². The van der Waals surface area contributed by atoms with Crippen LogP contribution in [0, 0.1) is 0 Å². The number of nitrogens with zero attached hydrogens (tertiary/aromatic N) is 8. The zero-order chi connectivity index (χ0) is 32.0. The van der Waals surface area contributed by atoms with Crippen LogP contribution in [0.2, 0.25) is 5.02 Å². The number of rotatable bonds is 10. The van der Waals surface area contributed by atoms with Crippen LogP contribution in [-0.2, 0) is 11.4 Å². The predicted octanol–water partition coefficient (Wildman–Crippen LogP) is 7.49. The van der Waals surface area contributed by atoms with Crippen molar-refractivity contribution in [2.75, 3.05) is 56.1 Å². The van der Waals surface area contributed by atoms with Crippen molar-refractivity contribution in [1.82, 2.24) is 29.8 Å². The van der Waals surface area contributed by atoms with Gasteiger partial charge >= 0.3 is 6.09 Å². The number of fused-ring (bicyclic) bond motifs is 1. The molecule has 5 aromatic rings. The van der Waals surface area contributed by atoms with Crippen molar-refractivity contribution in [2.45, 2.75) is 20.4 Å². The SMILES string of the molecule is CCN(CC)OC(=O)N1CCN(Cc2ccnc(N(c3ccccc3)c3nc4ccc(N(C)c5ccc(Cl)cc5)nc4s3)c2)CC1. The molecular formula is C34H37ClN8O2S. The molecule has 10 nitrogen and oxygen atoms in total. The van der Waals surface area contributed by atoms with Gasteiger partial charge in [-0.2, -0.15) is 0 Å². The quantitative estimate of drug-likeness (QED) is 0.142. The van der Waals surface area contributed by atoms with E-state index in [0.717, 1.165) is 63.7 Å². The minimum absolute atomic E-state index is 0.276. The molecule has 1 aliphatic rings. The van der Waals surface area contributed by atoms with E-state index in [0.29, 0.717) is 31.2 Å². The van der Waals surface area contributed by atoms with Crippen LogP contribution < -0.4 is 9.80 Å². The maximum Gasteiger partial charge on any atom is 0.429 e. The Morgan fingerprint density at radius 3 is 2.35 bits per heavy atom. The third-order valence-corrected chi connectivity index (χ3v) is 9.18. The molecular weight excluding hydrogens is 620 g/mol. The van der Waals surface area contributed by atoms with Crippen LogP contribution in [-0.4, -0.2) is 82.2 Å². The number of halogens is 1. The summed E-state index contributed by atoms with van der Waals surface area (Å²) in [6.07, 6.45) is 1.57. The molecule has 1 aliphatic heterocycles. The number of piperazine rings is 1. The number of amides is 1. The molecule has 4 heterocycles. The molecule has 238 valence electrons. The Morgan fingerprint density at radius 2 is 1.63 bits per heavy atom. The molecule has 0 radical (unpaired) electrons. The Labute approximate surface area is 278 Å². The molecule has 1 amide bonds. The van der Waals surface area contributed by atoms with E-state index in [1.54, 1.807) is 9.96 Å². The summed E-state index contributed by atoms with van der Waals surface area (Å²) in [5.74, 6) is 1.60. The summed E-state index contributed by atoms with van der Waals surface area (Å²) in [5, 5.41) is 3.15. The highest BCUT2D eigenvalue weighted by molar-refractivity contribution is 7.22. The Kier molecular flexibility index (Phi) is 9.94. The number of pyridine rings is 2. The first-order chi connectivity index (χ1) is 22.4. The van der Waals surface area contributed by atoms with E-state index in [-0.39, 0.29) is 6.09 Å². The first kappa shape index (κ1) is 31.7. The van der Waals surface area contributed by atoms with E-state index in [4.69, 9.17) is 31.4 Å². The summed E-state index contributed by atoms with van der Waals surface area (Å²) in [5.41, 5.74) is 3.91. The predicted molar refractivity (Wildman–Crippen MR) is 186 cm³/mol. The van der Waals surface area contributed by atoms with Crippen LogP contribution >= 0.6 is 22.9 Å². The molecule has 0 unspecified atom stereocenters. The second-order valence-electron chi connectivity index (χ2n) is 11.0. The number of para-hydroxylation sites is 1. The summed E-state index contributed by atoms with van der Waals surface area (Å²) < 4.78 is 0. The topological polar surface area (TPSA) is 81.2 Å². The second kappa shape index (κ2) is 14.4. The highest BCUT2D eigenvalue weighted by Gasteiger charge is 2.25. The number of carbonyl (C=O) groups is 1. The van der Waals surface area contributed by atoms with Crippen LogP contribution in [0.4, 0.5) is 32.9 Å². The second-order valence-corrected chi connectivity index (χ2v) is 12.3. The molecule has 0 spiro atoms. The first-order valence-electron chi connectivity index (χ1n) is 15.4. The molecule has 2 aromatic carbocycles. The lowest BCUT2D eigenvalue weighted by molar-refractivity contribution is -0.108. The molecule has 0 saturated carbocycles. The fraction of sp³-hybridized carbons (Fsp3) is 0.294. The van der Waals surface area contributed by atoms with Crippen LogP contribution in [0.25, 0.3) is 10.3 Å². The molecule has 3 aromatic heterocycles. The minimum atomic E-state index is -0.276.